The third kappa shape index (κ3) is 4.24. The molecule has 1 saturated heterocycles. The Kier molecular flexibility index (Phi) is 6.52. The summed E-state index contributed by atoms with van der Waals surface area (Å²) in [5.41, 5.74) is 1.69. The van der Waals surface area contributed by atoms with Crippen LogP contribution in [0.25, 0.3) is 0 Å². The molecule has 166 valence electrons. The molecular weight excluding hydrogens is 498 g/mol. The Morgan fingerprint density at radius 3 is 2.69 bits per heavy atom. The number of anilines is 1. The van der Waals surface area contributed by atoms with Crippen LogP contribution in [-0.2, 0) is 27.2 Å². The number of fused-ring (bicyclic) bond motifs is 1. The summed E-state index contributed by atoms with van der Waals surface area (Å²) in [6.45, 7) is 1.97. The van der Waals surface area contributed by atoms with Crippen LogP contribution in [0.2, 0.25) is 0 Å². The van der Waals surface area contributed by atoms with E-state index in [0.29, 0.717) is 16.3 Å². The van der Waals surface area contributed by atoms with E-state index in [2.05, 4.69) is 26.2 Å². The first kappa shape index (κ1) is 22.3. The van der Waals surface area contributed by atoms with Crippen LogP contribution >= 0.6 is 27.3 Å². The molecule has 1 aliphatic heterocycles. The topological polar surface area (TPSA) is 105 Å². The number of barbiturate groups is 1. The highest BCUT2D eigenvalue weighted by atomic mass is 79.9. The number of esters is 1. The van der Waals surface area contributed by atoms with Gasteiger partial charge in [-0.25, -0.2) is 19.5 Å². The number of aliphatic imine (C=N–C) groups is 1. The number of hydrogen-bond acceptors (Lipinski definition) is 7. The van der Waals surface area contributed by atoms with E-state index in [0.717, 1.165) is 45.5 Å². The van der Waals surface area contributed by atoms with E-state index in [4.69, 9.17) is 4.74 Å². The summed E-state index contributed by atoms with van der Waals surface area (Å²) >= 11 is 4.69. The van der Waals surface area contributed by atoms with E-state index in [1.165, 1.54) is 17.6 Å². The summed E-state index contributed by atoms with van der Waals surface area (Å²) in [4.78, 5) is 56.7. The van der Waals surface area contributed by atoms with Crippen LogP contribution in [0.4, 0.5) is 15.5 Å². The Labute approximate surface area is 196 Å². The molecule has 1 aromatic heterocycles. The second-order valence-electron chi connectivity index (χ2n) is 7.31. The Bertz CT molecular complexity index is 1130. The lowest BCUT2D eigenvalue weighted by Crippen LogP contribution is -2.58. The van der Waals surface area contributed by atoms with Gasteiger partial charge in [-0.15, -0.1) is 11.3 Å². The monoisotopic (exact) mass is 517 g/mol. The van der Waals surface area contributed by atoms with Gasteiger partial charge in [-0.05, 0) is 62.4 Å². The number of nitrogens with one attached hydrogen (secondary N) is 1. The average molecular weight is 518 g/mol. The van der Waals surface area contributed by atoms with Gasteiger partial charge >= 0.3 is 12.0 Å². The Hall–Kier alpha value is -2.85. The van der Waals surface area contributed by atoms with Crippen LogP contribution in [0.5, 0.6) is 0 Å². The van der Waals surface area contributed by atoms with Gasteiger partial charge in [0.2, 0.25) is 5.91 Å². The van der Waals surface area contributed by atoms with Crippen molar-refractivity contribution in [2.24, 2.45) is 10.9 Å². The Morgan fingerprint density at radius 2 is 1.97 bits per heavy atom. The maximum atomic E-state index is 13.0. The largest absolute Gasteiger partial charge is 0.462 e. The van der Waals surface area contributed by atoms with Crippen LogP contribution in [-0.4, -0.2) is 36.6 Å². The molecule has 0 bridgehead atoms. The third-order valence-electron chi connectivity index (χ3n) is 5.26. The normalized spacial score (nSPS) is 18.6. The van der Waals surface area contributed by atoms with Gasteiger partial charge in [0.15, 0.2) is 5.92 Å². The molecule has 1 aliphatic carbocycles. The van der Waals surface area contributed by atoms with Crippen molar-refractivity contribution < 1.29 is 23.9 Å². The molecule has 2 aliphatic rings. The van der Waals surface area contributed by atoms with Gasteiger partial charge in [0.25, 0.3) is 5.91 Å². The van der Waals surface area contributed by atoms with Crippen molar-refractivity contribution in [1.82, 2.24) is 5.32 Å². The van der Waals surface area contributed by atoms with E-state index in [1.807, 2.05) is 0 Å². The summed E-state index contributed by atoms with van der Waals surface area (Å²) < 4.78 is 6.00. The summed E-state index contributed by atoms with van der Waals surface area (Å²) in [7, 11) is 0. The highest BCUT2D eigenvalue weighted by Crippen LogP contribution is 2.40. The highest BCUT2D eigenvalue weighted by Gasteiger charge is 2.40. The number of imide groups is 2. The number of rotatable bonds is 5. The number of hydrogen-bond donors (Lipinski definition) is 1. The third-order valence-corrected chi connectivity index (χ3v) is 6.99. The number of aryl methyl sites for hydroxylation is 1. The van der Waals surface area contributed by atoms with E-state index < -0.39 is 29.7 Å². The first-order valence-corrected chi connectivity index (χ1v) is 11.8. The zero-order chi connectivity index (χ0) is 22.8. The number of amides is 4. The Balaban J connectivity index is 1.66. The van der Waals surface area contributed by atoms with Gasteiger partial charge in [-0.1, -0.05) is 15.9 Å². The predicted octanol–water partition coefficient (Wildman–Crippen LogP) is 4.17. The maximum Gasteiger partial charge on any atom is 0.341 e. The first-order valence-electron chi connectivity index (χ1n) is 10.2. The number of urea groups is 1. The van der Waals surface area contributed by atoms with Crippen molar-refractivity contribution >= 4 is 68.0 Å². The molecule has 2 aromatic rings. The zero-order valence-electron chi connectivity index (χ0n) is 17.2. The quantitative estimate of drug-likeness (QED) is 0.364. The molecule has 0 saturated carbocycles. The van der Waals surface area contributed by atoms with E-state index in [-0.39, 0.29) is 6.61 Å². The van der Waals surface area contributed by atoms with Crippen LogP contribution in [0.3, 0.4) is 0 Å². The van der Waals surface area contributed by atoms with Crippen molar-refractivity contribution in [1.29, 1.82) is 0 Å². The van der Waals surface area contributed by atoms with Crippen LogP contribution in [0.15, 0.2) is 33.7 Å². The number of nitrogens with zero attached hydrogens (tertiary/aromatic N) is 2. The number of ether oxygens (including phenoxy) is 1. The minimum Gasteiger partial charge on any atom is -0.462 e. The molecule has 8 nitrogen and oxygen atoms in total. The van der Waals surface area contributed by atoms with Crippen molar-refractivity contribution in [3.63, 3.8) is 0 Å². The molecule has 1 fully saturated rings. The van der Waals surface area contributed by atoms with Crippen molar-refractivity contribution in [2.75, 3.05) is 11.5 Å². The van der Waals surface area contributed by atoms with Gasteiger partial charge in [0, 0.05) is 15.6 Å². The number of thiophene rings is 1. The molecule has 0 radical (unpaired) electrons. The van der Waals surface area contributed by atoms with Crippen LogP contribution in [0.1, 0.15) is 40.6 Å². The lowest BCUT2D eigenvalue weighted by Gasteiger charge is -2.28. The van der Waals surface area contributed by atoms with E-state index >= 15 is 0 Å². The minimum absolute atomic E-state index is 0.236. The molecule has 0 unspecified atom stereocenters. The van der Waals surface area contributed by atoms with Crippen molar-refractivity contribution in [2.45, 2.75) is 32.6 Å². The second kappa shape index (κ2) is 9.33. The maximum absolute atomic E-state index is 13.0. The molecule has 1 N–H and O–H groups in total. The summed E-state index contributed by atoms with van der Waals surface area (Å²) in [5, 5.41) is 2.62. The molecule has 1 aromatic carbocycles. The van der Waals surface area contributed by atoms with Gasteiger partial charge in [0.1, 0.15) is 5.00 Å². The molecular formula is C22H20BrN3O5S. The summed E-state index contributed by atoms with van der Waals surface area (Å²) in [5.74, 6) is -3.21. The summed E-state index contributed by atoms with van der Waals surface area (Å²) in [6.07, 6.45) is 4.84. The minimum atomic E-state index is -1.30. The molecule has 4 rings (SSSR count). The van der Waals surface area contributed by atoms with Gasteiger partial charge in [-0.2, -0.15) is 0 Å². The fourth-order valence-corrected chi connectivity index (χ4v) is 5.25. The molecule has 1 atom stereocenters. The zero-order valence-corrected chi connectivity index (χ0v) is 19.6. The molecule has 2 heterocycles. The fourth-order valence-electron chi connectivity index (χ4n) is 3.75. The SMILES string of the molecule is CCOC(=O)c1c(N=C[C@H]2C(=O)NC(=O)N(c3ccc(Br)cc3)C2=O)sc2c1CCCC2. The predicted molar refractivity (Wildman–Crippen MR) is 124 cm³/mol. The second-order valence-corrected chi connectivity index (χ2v) is 9.31. The number of carbonyl (C=O) groups is 4. The van der Waals surface area contributed by atoms with Crippen molar-refractivity contribution in [3.8, 4) is 0 Å². The lowest BCUT2D eigenvalue weighted by molar-refractivity contribution is -0.131. The Morgan fingerprint density at radius 1 is 1.25 bits per heavy atom. The van der Waals surface area contributed by atoms with E-state index in [1.54, 1.807) is 31.2 Å². The van der Waals surface area contributed by atoms with Crippen molar-refractivity contribution in [3.05, 3.63) is 44.7 Å². The average Bonchev–Trinajstić information content (AvgIpc) is 3.13. The smallest absolute Gasteiger partial charge is 0.341 e. The number of carbonyl (C=O) groups excluding carboxylic acids is 4. The number of halogens is 1. The van der Waals surface area contributed by atoms with Gasteiger partial charge in [0.05, 0.1) is 17.9 Å². The fraction of sp³-hybridized carbons (Fsp3) is 0.318. The highest BCUT2D eigenvalue weighted by molar-refractivity contribution is 9.10. The molecule has 0 spiro atoms. The molecule has 32 heavy (non-hydrogen) atoms. The molecule has 4 amide bonds. The van der Waals surface area contributed by atoms with Gasteiger partial charge in [-0.3, -0.25) is 14.9 Å². The number of benzene rings is 1. The van der Waals surface area contributed by atoms with Crippen LogP contribution < -0.4 is 10.2 Å². The first-order chi connectivity index (χ1) is 15.4. The standard InChI is InChI=1S/C22H20BrN3O5S/c1-2-31-21(29)17-14-5-3-4-6-16(14)32-19(17)24-11-15-18(27)25-22(30)26(20(15)28)13-9-7-12(23)8-10-13/h7-11,15H,2-6H2,1H3,(H,25,27,30)/t15-/m0/s1. The summed E-state index contributed by atoms with van der Waals surface area (Å²) in [6, 6.07) is 5.76. The molecule has 10 heteroatoms. The van der Waals surface area contributed by atoms with Gasteiger partial charge < -0.3 is 4.74 Å². The van der Waals surface area contributed by atoms with Crippen LogP contribution in [0, 0.1) is 5.92 Å². The lowest BCUT2D eigenvalue weighted by atomic mass is 9.95. The van der Waals surface area contributed by atoms with E-state index in [9.17, 15) is 19.2 Å².